The summed E-state index contributed by atoms with van der Waals surface area (Å²) < 4.78 is 20.9. The summed E-state index contributed by atoms with van der Waals surface area (Å²) in [5.74, 6) is 4.55. The number of nitrogens with two attached hydrogens (primary N) is 1. The summed E-state index contributed by atoms with van der Waals surface area (Å²) in [7, 11) is 3.35. The highest BCUT2D eigenvalue weighted by molar-refractivity contribution is 5.80. The summed E-state index contributed by atoms with van der Waals surface area (Å²) in [4.78, 5) is 35.1. The Morgan fingerprint density at radius 1 is 0.720 bits per heavy atom. The first kappa shape index (κ1) is 33.4. The van der Waals surface area contributed by atoms with Crippen molar-refractivity contribution in [2.75, 3.05) is 38.1 Å². The molecule has 2 aromatic heterocycles. The Morgan fingerprint density at radius 3 is 1.64 bits per heavy atom. The molecule has 50 heavy (non-hydrogen) atoms. The van der Waals surface area contributed by atoms with Crippen LogP contribution in [0, 0.1) is 23.7 Å². The maximum absolute atomic E-state index is 12.2. The smallest absolute Gasteiger partial charge is 0.309 e. The van der Waals surface area contributed by atoms with Gasteiger partial charge in [0.05, 0.1) is 39.3 Å². The molecule has 0 amide bonds. The molecule has 0 saturated heterocycles. The predicted octanol–water partition coefficient (Wildman–Crippen LogP) is 5.87. The lowest BCUT2D eigenvalue weighted by molar-refractivity contribution is -0.146. The number of ether oxygens (including phenoxy) is 4. The van der Waals surface area contributed by atoms with E-state index in [0.717, 1.165) is 43.2 Å². The number of benzene rings is 2. The highest BCUT2D eigenvalue weighted by Crippen LogP contribution is 2.62. The minimum Gasteiger partial charge on any atom is -0.497 e. The molecule has 10 nitrogen and oxygen atoms in total. The number of nitrogen functional groups attached to an aromatic ring is 1. The minimum atomic E-state index is -0.0622. The van der Waals surface area contributed by atoms with E-state index in [2.05, 4.69) is 40.2 Å². The average molecular weight is 677 g/mol. The van der Waals surface area contributed by atoms with Gasteiger partial charge in [-0.1, -0.05) is 24.3 Å². The van der Waals surface area contributed by atoms with Crippen molar-refractivity contribution < 1.29 is 28.5 Å². The summed E-state index contributed by atoms with van der Waals surface area (Å²) >= 11 is 0. The van der Waals surface area contributed by atoms with Crippen LogP contribution in [0.1, 0.15) is 59.1 Å². The Hall–Kier alpha value is -5.12. The maximum Gasteiger partial charge on any atom is 0.309 e. The van der Waals surface area contributed by atoms with Crippen molar-refractivity contribution in [1.82, 2.24) is 9.97 Å². The van der Waals surface area contributed by atoms with Crippen LogP contribution in [0.25, 0.3) is 0 Å². The molecule has 0 bridgehead atoms. The second-order valence-corrected chi connectivity index (χ2v) is 13.4. The fourth-order valence-electron chi connectivity index (χ4n) is 8.00. The van der Waals surface area contributed by atoms with Crippen LogP contribution in [0.4, 0.5) is 11.6 Å². The summed E-state index contributed by atoms with van der Waals surface area (Å²) in [6.45, 7) is 6.04. The van der Waals surface area contributed by atoms with Gasteiger partial charge in [0.1, 0.15) is 23.1 Å². The van der Waals surface area contributed by atoms with Crippen LogP contribution in [0.15, 0.2) is 73.1 Å². The first-order valence-corrected chi connectivity index (χ1v) is 17.4. The second-order valence-electron chi connectivity index (χ2n) is 13.4. The molecule has 2 fully saturated rings. The number of rotatable bonds is 11. The van der Waals surface area contributed by atoms with E-state index in [0.29, 0.717) is 36.8 Å². The predicted molar refractivity (Wildman–Crippen MR) is 189 cm³/mol. The number of nitrogens with zero attached hydrogens (tertiary/aromatic N) is 3. The molecule has 2 saturated carbocycles. The minimum absolute atomic E-state index is 0.00908. The highest BCUT2D eigenvalue weighted by Gasteiger charge is 2.61. The van der Waals surface area contributed by atoms with E-state index in [4.69, 9.17) is 29.7 Å². The monoisotopic (exact) mass is 676 g/mol. The second kappa shape index (κ2) is 14.0. The standard InChI is InChI=1S/C28H30N2O4.C12H14N2O2/c1-4-34-28(31)27-23-13-20-14-25(29-15-24(20)26(23)27)30(16-18-5-9-21(32-2)10-6-18)17-19-7-11-22(33-3)12-8-19;1-2-16-12(15)11-7-3-6-4-9(13)14-5-8(6)10(7)11/h5-12,14-15,23,26-27H,4,13,16-17H2,1-3H3;4-5,7,10-11H,2-3H2,1H3,(H2,13,14)/t23-,26-,27+;7-,10-,11+/m11/s1. The zero-order valence-electron chi connectivity index (χ0n) is 29.0. The van der Waals surface area contributed by atoms with Gasteiger partial charge < -0.3 is 29.6 Å². The first-order valence-electron chi connectivity index (χ1n) is 17.4. The number of anilines is 2. The van der Waals surface area contributed by atoms with Gasteiger partial charge in [0.25, 0.3) is 0 Å². The molecule has 8 rings (SSSR count). The van der Waals surface area contributed by atoms with E-state index in [1.807, 2.05) is 56.6 Å². The fraction of sp³-hybridized carbons (Fsp3) is 0.400. The molecule has 0 aliphatic heterocycles. The Kier molecular flexibility index (Phi) is 9.35. The lowest BCUT2D eigenvalue weighted by Crippen LogP contribution is -2.23. The van der Waals surface area contributed by atoms with Gasteiger partial charge in [0.15, 0.2) is 0 Å². The van der Waals surface area contributed by atoms with E-state index in [-0.39, 0.29) is 29.7 Å². The third-order valence-corrected chi connectivity index (χ3v) is 10.5. The third kappa shape index (κ3) is 6.58. The number of esters is 2. The average Bonchev–Trinajstić information content (AvgIpc) is 3.94. The van der Waals surface area contributed by atoms with Crippen molar-refractivity contribution in [3.63, 3.8) is 0 Å². The molecular formula is C40H44N4O6. The van der Waals surface area contributed by atoms with Crippen LogP contribution in [0.2, 0.25) is 0 Å². The molecule has 2 heterocycles. The molecule has 10 heteroatoms. The van der Waals surface area contributed by atoms with Gasteiger partial charge in [-0.15, -0.1) is 0 Å². The van der Waals surface area contributed by atoms with Gasteiger partial charge in [-0.3, -0.25) is 9.59 Å². The van der Waals surface area contributed by atoms with Crippen LogP contribution >= 0.6 is 0 Å². The number of hydrogen-bond donors (Lipinski definition) is 1. The molecule has 2 N–H and O–H groups in total. The van der Waals surface area contributed by atoms with Crippen LogP contribution in [-0.2, 0) is 45.0 Å². The molecule has 4 aromatic rings. The number of pyridine rings is 2. The van der Waals surface area contributed by atoms with Gasteiger partial charge in [-0.2, -0.15) is 0 Å². The molecule has 6 atom stereocenters. The number of methoxy groups -OCH3 is 2. The van der Waals surface area contributed by atoms with Gasteiger partial charge in [-0.05, 0) is 108 Å². The summed E-state index contributed by atoms with van der Waals surface area (Å²) in [6, 6.07) is 20.4. The normalized spacial score (nSPS) is 22.8. The highest BCUT2D eigenvalue weighted by atomic mass is 16.5. The summed E-state index contributed by atoms with van der Waals surface area (Å²) in [5.41, 5.74) is 12.9. The van der Waals surface area contributed by atoms with Gasteiger partial charge >= 0.3 is 11.9 Å². The lowest BCUT2D eigenvalue weighted by atomic mass is 10.0. The van der Waals surface area contributed by atoms with Crippen molar-refractivity contribution in [3.05, 3.63) is 106 Å². The fourth-order valence-corrected chi connectivity index (χ4v) is 8.00. The topological polar surface area (TPSA) is 126 Å². The lowest BCUT2D eigenvalue weighted by Gasteiger charge is -2.25. The van der Waals surface area contributed by atoms with E-state index in [9.17, 15) is 9.59 Å². The van der Waals surface area contributed by atoms with Crippen molar-refractivity contribution >= 4 is 23.6 Å². The SMILES string of the molecule is CCOC(=O)[C@H]1[C@@H]2Cc3cc(N(Cc4ccc(OC)cc4)Cc4ccc(OC)cc4)ncc3[C@@H]21.CCOC(=O)[C@H]1[C@@H]2Cc3cc(N)ncc3[C@@H]21. The Labute approximate surface area is 292 Å². The number of fused-ring (bicyclic) bond motifs is 6. The quantitative estimate of drug-likeness (QED) is 0.193. The molecule has 0 unspecified atom stereocenters. The zero-order valence-corrected chi connectivity index (χ0v) is 29.0. The van der Waals surface area contributed by atoms with Crippen molar-refractivity contribution in [3.8, 4) is 11.5 Å². The van der Waals surface area contributed by atoms with Crippen molar-refractivity contribution in [1.29, 1.82) is 0 Å². The zero-order chi connectivity index (χ0) is 34.9. The largest absolute Gasteiger partial charge is 0.497 e. The summed E-state index contributed by atoms with van der Waals surface area (Å²) in [5, 5.41) is 0. The summed E-state index contributed by atoms with van der Waals surface area (Å²) in [6.07, 6.45) is 5.65. The molecular weight excluding hydrogens is 632 g/mol. The van der Waals surface area contributed by atoms with Crippen LogP contribution in [-0.4, -0.2) is 49.3 Å². The third-order valence-electron chi connectivity index (χ3n) is 10.5. The molecule has 0 radical (unpaired) electrons. The molecule has 0 spiro atoms. The van der Waals surface area contributed by atoms with Crippen LogP contribution < -0.4 is 20.1 Å². The van der Waals surface area contributed by atoms with Crippen LogP contribution in [0.5, 0.6) is 11.5 Å². The molecule has 260 valence electrons. The molecule has 4 aliphatic rings. The van der Waals surface area contributed by atoms with Crippen molar-refractivity contribution in [2.45, 2.75) is 51.6 Å². The van der Waals surface area contributed by atoms with Gasteiger partial charge in [-0.25, -0.2) is 9.97 Å². The Bertz CT molecular complexity index is 1810. The number of carbonyl (C=O) groups excluding carboxylic acids is 2. The van der Waals surface area contributed by atoms with Gasteiger partial charge in [0, 0.05) is 37.3 Å². The first-order chi connectivity index (χ1) is 24.3. The van der Waals surface area contributed by atoms with E-state index in [1.54, 1.807) is 14.2 Å². The van der Waals surface area contributed by atoms with Crippen molar-refractivity contribution in [2.24, 2.45) is 23.7 Å². The molecule has 2 aromatic carbocycles. The number of hydrogen-bond acceptors (Lipinski definition) is 10. The van der Waals surface area contributed by atoms with Gasteiger partial charge in [0.2, 0.25) is 0 Å². The Balaban J connectivity index is 0.000000203. The maximum atomic E-state index is 12.2. The Morgan fingerprint density at radius 2 is 1.18 bits per heavy atom. The molecule has 4 aliphatic carbocycles. The van der Waals surface area contributed by atoms with E-state index >= 15 is 0 Å². The van der Waals surface area contributed by atoms with E-state index in [1.165, 1.54) is 33.4 Å². The number of carbonyl (C=O) groups is 2. The number of aromatic nitrogens is 2. The van der Waals surface area contributed by atoms with E-state index < -0.39 is 0 Å². The van der Waals surface area contributed by atoms with Crippen LogP contribution in [0.3, 0.4) is 0 Å².